The molecular weight excluding hydrogens is 616 g/mol. The van der Waals surface area contributed by atoms with Crippen molar-refractivity contribution < 1.29 is 37.1 Å². The van der Waals surface area contributed by atoms with E-state index in [4.69, 9.17) is 9.51 Å². The van der Waals surface area contributed by atoms with E-state index in [1.54, 1.807) is 30.9 Å². The Balaban J connectivity index is 1.24. The zero-order valence-electron chi connectivity index (χ0n) is 27.2. The van der Waals surface area contributed by atoms with Gasteiger partial charge in [-0.05, 0) is 108 Å². The van der Waals surface area contributed by atoms with Crippen LogP contribution in [0.15, 0.2) is 47.0 Å². The quantitative estimate of drug-likeness (QED) is 0.232. The van der Waals surface area contributed by atoms with Gasteiger partial charge in [-0.2, -0.15) is 18.2 Å². The third-order valence-corrected chi connectivity index (χ3v) is 10.7. The van der Waals surface area contributed by atoms with Crippen LogP contribution in [0.5, 0.6) is 0 Å². The Labute approximate surface area is 271 Å². The van der Waals surface area contributed by atoms with Gasteiger partial charge < -0.3 is 14.7 Å². The molecule has 2 aromatic heterocycles. The Hall–Kier alpha value is -3.38. The van der Waals surface area contributed by atoms with Gasteiger partial charge in [0.1, 0.15) is 5.82 Å². The molecule has 4 saturated carbocycles. The highest BCUT2D eigenvalue weighted by Gasteiger charge is 2.61. The first-order valence-electron chi connectivity index (χ1n) is 16.3. The topological polar surface area (TPSA) is 113 Å². The number of fused-ring (bicyclic) bond motifs is 3. The van der Waals surface area contributed by atoms with E-state index in [1.807, 2.05) is 30.3 Å². The lowest BCUT2D eigenvalue weighted by Crippen LogP contribution is -2.56. The van der Waals surface area contributed by atoms with Crippen molar-refractivity contribution in [2.75, 3.05) is 11.4 Å². The number of nitrogens with zero attached hydrogens (tertiary/aromatic N) is 4. The minimum atomic E-state index is -4.74. The number of carbonyl (C=O) groups is 1. The fourth-order valence-electron chi connectivity index (χ4n) is 7.56. The SMILES string of the molecule is CC(C)(O)c1ccc(-c2cccc(N(CC34CCC(c5noc(C(C)(C)F)n5)(CC3)CC4)C(=O)CC3CC(O)(C(F)(F)F)C3)n2)cc1. The Morgan fingerprint density at radius 2 is 1.55 bits per heavy atom. The second-order valence-electron chi connectivity index (χ2n) is 15.2. The maximum Gasteiger partial charge on any atom is 0.417 e. The van der Waals surface area contributed by atoms with E-state index in [1.165, 1.54) is 13.8 Å². The molecule has 254 valence electrons. The van der Waals surface area contributed by atoms with E-state index in [9.17, 15) is 32.6 Å². The predicted octanol–water partition coefficient (Wildman–Crippen LogP) is 7.28. The number of aliphatic hydroxyl groups is 2. The average molecular weight is 659 g/mol. The van der Waals surface area contributed by atoms with Crippen molar-refractivity contribution in [1.29, 1.82) is 0 Å². The Kier molecular flexibility index (Phi) is 8.10. The molecule has 0 radical (unpaired) electrons. The molecule has 0 aliphatic heterocycles. The summed E-state index contributed by atoms with van der Waals surface area (Å²) >= 11 is 0. The summed E-state index contributed by atoms with van der Waals surface area (Å²) in [6.45, 7) is 6.50. The molecule has 47 heavy (non-hydrogen) atoms. The van der Waals surface area contributed by atoms with Gasteiger partial charge in [0.25, 0.3) is 5.89 Å². The second-order valence-corrected chi connectivity index (χ2v) is 15.2. The first kappa shape index (κ1) is 33.5. The summed E-state index contributed by atoms with van der Waals surface area (Å²) in [6.07, 6.45) is -1.39. The smallest absolute Gasteiger partial charge is 0.386 e. The maximum atomic E-state index is 14.5. The molecule has 0 unspecified atom stereocenters. The largest absolute Gasteiger partial charge is 0.417 e. The van der Waals surface area contributed by atoms with Crippen LogP contribution in [0.3, 0.4) is 0 Å². The van der Waals surface area contributed by atoms with Crippen LogP contribution < -0.4 is 4.90 Å². The summed E-state index contributed by atoms with van der Waals surface area (Å²) in [5, 5.41) is 24.5. The van der Waals surface area contributed by atoms with Gasteiger partial charge in [-0.3, -0.25) is 9.69 Å². The van der Waals surface area contributed by atoms with Crippen molar-refractivity contribution >= 4 is 11.7 Å². The standard InChI is InChI=1S/C35H42F4N4O4/c1-30(2,36)29-41-28(42-47-29)33-15-12-32(13-16-33,14-17-33)21-43(27(44)18-22-19-34(46,20-22)35(37,38)39)26-7-5-6-25(40-26)23-8-10-24(11-9-23)31(3,4)45/h5-11,22,45-46H,12-21H2,1-4H3. The maximum absolute atomic E-state index is 14.5. The minimum Gasteiger partial charge on any atom is -0.386 e. The number of aromatic nitrogens is 3. The van der Waals surface area contributed by atoms with Crippen molar-refractivity contribution in [3.63, 3.8) is 0 Å². The van der Waals surface area contributed by atoms with Gasteiger partial charge >= 0.3 is 6.18 Å². The zero-order valence-corrected chi connectivity index (χ0v) is 27.2. The molecule has 4 aliphatic rings. The number of amides is 1. The highest BCUT2D eigenvalue weighted by atomic mass is 19.4. The summed E-state index contributed by atoms with van der Waals surface area (Å²) < 4.78 is 59.8. The van der Waals surface area contributed by atoms with Crippen LogP contribution in [0.1, 0.15) is 103 Å². The number of hydrogen-bond donors (Lipinski definition) is 2. The van der Waals surface area contributed by atoms with E-state index in [2.05, 4.69) is 10.1 Å². The molecule has 2 bridgehead atoms. The van der Waals surface area contributed by atoms with Crippen molar-refractivity contribution in [3.05, 3.63) is 59.7 Å². The Morgan fingerprint density at radius 1 is 0.936 bits per heavy atom. The van der Waals surface area contributed by atoms with Crippen molar-refractivity contribution in [2.24, 2.45) is 11.3 Å². The Morgan fingerprint density at radius 3 is 2.09 bits per heavy atom. The number of hydrogen-bond acceptors (Lipinski definition) is 7. The second kappa shape index (κ2) is 11.4. The Bertz CT molecular complexity index is 1590. The summed E-state index contributed by atoms with van der Waals surface area (Å²) in [4.78, 5) is 24.9. The molecule has 1 aromatic carbocycles. The monoisotopic (exact) mass is 658 g/mol. The van der Waals surface area contributed by atoms with Gasteiger partial charge in [0.05, 0.1) is 11.3 Å². The number of pyridine rings is 1. The van der Waals surface area contributed by atoms with E-state index in [0.717, 1.165) is 49.7 Å². The lowest BCUT2D eigenvalue weighted by atomic mass is 9.53. The minimum absolute atomic E-state index is 0.0462. The molecule has 12 heteroatoms. The van der Waals surface area contributed by atoms with E-state index >= 15 is 0 Å². The molecule has 7 rings (SSSR count). The molecule has 1 amide bonds. The molecule has 8 nitrogen and oxygen atoms in total. The van der Waals surface area contributed by atoms with E-state index in [0.29, 0.717) is 23.9 Å². The van der Waals surface area contributed by atoms with Gasteiger partial charge in [-0.15, -0.1) is 0 Å². The van der Waals surface area contributed by atoms with E-state index in [-0.39, 0.29) is 29.0 Å². The van der Waals surface area contributed by atoms with Crippen LogP contribution in [-0.2, 0) is 21.5 Å². The van der Waals surface area contributed by atoms with Crippen molar-refractivity contribution in [2.45, 2.75) is 114 Å². The number of anilines is 1. The first-order chi connectivity index (χ1) is 21.8. The summed E-state index contributed by atoms with van der Waals surface area (Å²) in [6, 6.07) is 12.7. The molecule has 3 aromatic rings. The number of alkyl halides is 4. The lowest BCUT2D eigenvalue weighted by molar-refractivity contribution is -0.298. The molecule has 0 spiro atoms. The lowest BCUT2D eigenvalue weighted by Gasteiger charge is -2.53. The summed E-state index contributed by atoms with van der Waals surface area (Å²) in [5.41, 5.74) is -3.94. The highest BCUT2D eigenvalue weighted by Crippen LogP contribution is 2.58. The van der Waals surface area contributed by atoms with Crippen LogP contribution in [-0.4, -0.2) is 49.6 Å². The number of rotatable bonds is 9. The third-order valence-electron chi connectivity index (χ3n) is 10.7. The predicted molar refractivity (Wildman–Crippen MR) is 166 cm³/mol. The van der Waals surface area contributed by atoms with Gasteiger partial charge in [-0.25, -0.2) is 9.37 Å². The molecule has 2 heterocycles. The number of halogens is 4. The van der Waals surface area contributed by atoms with Crippen LogP contribution in [0, 0.1) is 11.3 Å². The molecule has 0 atom stereocenters. The van der Waals surface area contributed by atoms with Crippen molar-refractivity contribution in [3.8, 4) is 11.3 Å². The molecule has 0 saturated heterocycles. The van der Waals surface area contributed by atoms with Crippen LogP contribution in [0.2, 0.25) is 0 Å². The van der Waals surface area contributed by atoms with Crippen molar-refractivity contribution in [1.82, 2.24) is 15.1 Å². The first-order valence-corrected chi connectivity index (χ1v) is 16.3. The fourth-order valence-corrected chi connectivity index (χ4v) is 7.56. The summed E-state index contributed by atoms with van der Waals surface area (Å²) in [5.74, 6) is -0.0359. The third kappa shape index (κ3) is 6.42. The molecular formula is C35H42F4N4O4. The zero-order chi connectivity index (χ0) is 34.0. The fraction of sp³-hybridized carbons (Fsp3) is 0.600. The van der Waals surface area contributed by atoms with Crippen LogP contribution in [0.25, 0.3) is 11.3 Å². The number of carbonyl (C=O) groups excluding carboxylic acids is 1. The van der Waals surface area contributed by atoms with Gasteiger partial charge in [-0.1, -0.05) is 35.5 Å². The molecule has 4 fully saturated rings. The van der Waals surface area contributed by atoms with Crippen LogP contribution >= 0.6 is 0 Å². The normalized spacial score (nSPS) is 27.8. The average Bonchev–Trinajstić information content (AvgIpc) is 3.52. The van der Waals surface area contributed by atoms with Gasteiger partial charge in [0, 0.05) is 23.9 Å². The van der Waals surface area contributed by atoms with Crippen LogP contribution in [0.4, 0.5) is 23.4 Å². The summed E-state index contributed by atoms with van der Waals surface area (Å²) in [7, 11) is 0. The van der Waals surface area contributed by atoms with E-state index < -0.39 is 41.8 Å². The number of benzene rings is 1. The molecule has 4 aliphatic carbocycles. The highest BCUT2D eigenvalue weighted by molar-refractivity contribution is 5.93. The van der Waals surface area contributed by atoms with Gasteiger partial charge in [0.15, 0.2) is 17.1 Å². The molecule has 2 N–H and O–H groups in total. The van der Waals surface area contributed by atoms with Gasteiger partial charge in [0.2, 0.25) is 5.91 Å².